The fourth-order valence-electron chi connectivity index (χ4n) is 2.07. The second kappa shape index (κ2) is 5.36. The molecule has 0 saturated heterocycles. The minimum absolute atomic E-state index is 0. The molecule has 6 nitrogen and oxygen atoms in total. The van der Waals surface area contributed by atoms with Crippen molar-refractivity contribution in [2.45, 2.75) is 4.90 Å². The van der Waals surface area contributed by atoms with Crippen LogP contribution < -0.4 is 10.9 Å². The van der Waals surface area contributed by atoms with Crippen LogP contribution in [0.25, 0.3) is 22.2 Å². The van der Waals surface area contributed by atoms with Crippen LogP contribution in [0.4, 0.5) is 5.69 Å². The summed E-state index contributed by atoms with van der Waals surface area (Å²) >= 11 is 0. The number of fused-ring (bicyclic) bond motifs is 1. The van der Waals surface area contributed by atoms with E-state index >= 15 is 0 Å². The zero-order valence-corrected chi connectivity index (χ0v) is 12.4. The predicted octanol–water partition coefficient (Wildman–Crippen LogP) is 1.88. The van der Waals surface area contributed by atoms with Gasteiger partial charge in [0.1, 0.15) is 5.69 Å². The van der Waals surface area contributed by atoms with E-state index in [1.54, 1.807) is 24.3 Å². The van der Waals surface area contributed by atoms with Crippen molar-refractivity contribution in [2.75, 3.05) is 5.73 Å². The Kier molecular flexibility index (Phi) is 3.91. The van der Waals surface area contributed by atoms with Crippen molar-refractivity contribution in [1.82, 2.24) is 10.2 Å². The molecule has 0 unspecified atom stereocenters. The number of aromatic amines is 1. The van der Waals surface area contributed by atoms with Gasteiger partial charge in [-0.25, -0.2) is 13.6 Å². The number of rotatable bonds is 2. The molecular weight excluding hydrogens is 312 g/mol. The van der Waals surface area contributed by atoms with E-state index in [1.807, 2.05) is 6.07 Å². The maximum atomic E-state index is 11.4. The second-order valence-electron chi connectivity index (χ2n) is 4.45. The summed E-state index contributed by atoms with van der Waals surface area (Å²) in [6, 6.07) is 11.7. The van der Waals surface area contributed by atoms with Crippen LogP contribution in [0.5, 0.6) is 0 Å². The molecule has 0 fully saturated rings. The quantitative estimate of drug-likeness (QED) is 0.624. The number of hydrogen-bond donors (Lipinski definition) is 3. The van der Waals surface area contributed by atoms with E-state index in [2.05, 4.69) is 10.2 Å². The molecule has 21 heavy (non-hydrogen) atoms. The summed E-state index contributed by atoms with van der Waals surface area (Å²) in [4.78, 5) is 0.0510. The molecule has 0 amide bonds. The normalized spacial score (nSPS) is 11.3. The highest BCUT2D eigenvalue weighted by Gasteiger charge is 2.12. The second-order valence-corrected chi connectivity index (χ2v) is 6.01. The van der Waals surface area contributed by atoms with E-state index in [1.165, 1.54) is 12.1 Å². The molecule has 5 N–H and O–H groups in total. The van der Waals surface area contributed by atoms with Crippen LogP contribution >= 0.6 is 12.4 Å². The third-order valence-electron chi connectivity index (χ3n) is 3.02. The van der Waals surface area contributed by atoms with Crippen LogP contribution in [0.15, 0.2) is 47.4 Å². The van der Waals surface area contributed by atoms with Crippen LogP contribution in [0.2, 0.25) is 0 Å². The Bertz CT molecular complexity index is 905. The van der Waals surface area contributed by atoms with Gasteiger partial charge in [-0.1, -0.05) is 12.1 Å². The van der Waals surface area contributed by atoms with Gasteiger partial charge in [0.15, 0.2) is 0 Å². The largest absolute Gasteiger partial charge is 0.399 e. The van der Waals surface area contributed by atoms with Crippen LogP contribution in [0, 0.1) is 0 Å². The Morgan fingerprint density at radius 3 is 2.57 bits per heavy atom. The van der Waals surface area contributed by atoms with Crippen molar-refractivity contribution in [3.63, 3.8) is 0 Å². The Morgan fingerprint density at radius 1 is 1.10 bits per heavy atom. The molecular formula is C13H13ClN4O2S. The first-order chi connectivity index (χ1) is 9.45. The standard InChI is InChI=1S/C13H12N4O2S.ClH/c14-9-4-5-12-11(7-9)13(17-16-12)8-2-1-3-10(6-8)20(15,18)19;/h1-7H,14H2,(H,16,17)(H2,15,18,19);1H. The molecule has 110 valence electrons. The van der Waals surface area contributed by atoms with Crippen LogP contribution in [-0.4, -0.2) is 18.6 Å². The average Bonchev–Trinajstić information content (AvgIpc) is 2.81. The predicted molar refractivity (Wildman–Crippen MR) is 84.6 cm³/mol. The molecule has 3 aromatic rings. The smallest absolute Gasteiger partial charge is 0.238 e. The molecule has 0 spiro atoms. The summed E-state index contributed by atoms with van der Waals surface area (Å²) in [5.74, 6) is 0. The molecule has 0 radical (unpaired) electrons. The van der Waals surface area contributed by atoms with Crippen molar-refractivity contribution in [3.8, 4) is 11.3 Å². The average molecular weight is 325 g/mol. The van der Waals surface area contributed by atoms with E-state index in [0.29, 0.717) is 16.9 Å². The maximum absolute atomic E-state index is 11.4. The fourth-order valence-corrected chi connectivity index (χ4v) is 2.63. The van der Waals surface area contributed by atoms with Gasteiger partial charge in [0, 0.05) is 16.6 Å². The lowest BCUT2D eigenvalue weighted by atomic mass is 10.1. The molecule has 0 saturated carbocycles. The number of halogens is 1. The zero-order valence-electron chi connectivity index (χ0n) is 10.8. The molecule has 0 bridgehead atoms. The lowest BCUT2D eigenvalue weighted by Gasteiger charge is -2.02. The Balaban J connectivity index is 0.00000161. The van der Waals surface area contributed by atoms with Gasteiger partial charge in [-0.3, -0.25) is 5.10 Å². The molecule has 0 aliphatic rings. The Labute approximate surface area is 127 Å². The Morgan fingerprint density at radius 2 is 1.86 bits per heavy atom. The molecule has 2 aromatic carbocycles. The first-order valence-corrected chi connectivity index (χ1v) is 7.36. The summed E-state index contributed by atoms with van der Waals surface area (Å²) in [5.41, 5.74) is 8.51. The SMILES string of the molecule is Cl.Nc1ccc2[nH]nc(-c3cccc(S(N)(=O)=O)c3)c2c1. The maximum Gasteiger partial charge on any atom is 0.238 e. The number of sulfonamides is 1. The Hall–Kier alpha value is -2.09. The van der Waals surface area contributed by atoms with Crippen molar-refractivity contribution in [1.29, 1.82) is 0 Å². The summed E-state index contributed by atoms with van der Waals surface area (Å²) in [5, 5.41) is 13.1. The van der Waals surface area contributed by atoms with E-state index in [9.17, 15) is 8.42 Å². The number of anilines is 1. The number of nitrogen functional groups attached to an aromatic ring is 1. The molecule has 1 aromatic heterocycles. The molecule has 3 rings (SSSR count). The fraction of sp³-hybridized carbons (Fsp3) is 0. The summed E-state index contributed by atoms with van der Waals surface area (Å²) in [6.07, 6.45) is 0. The van der Waals surface area contributed by atoms with E-state index in [-0.39, 0.29) is 17.3 Å². The van der Waals surface area contributed by atoms with Gasteiger partial charge in [-0.15, -0.1) is 12.4 Å². The van der Waals surface area contributed by atoms with Crippen molar-refractivity contribution < 1.29 is 8.42 Å². The first kappa shape index (κ1) is 15.3. The highest BCUT2D eigenvalue weighted by Crippen LogP contribution is 2.28. The van der Waals surface area contributed by atoms with Crippen LogP contribution in [-0.2, 0) is 10.0 Å². The van der Waals surface area contributed by atoms with Gasteiger partial charge in [0.25, 0.3) is 0 Å². The number of aromatic nitrogens is 2. The monoisotopic (exact) mass is 324 g/mol. The molecule has 1 heterocycles. The minimum Gasteiger partial charge on any atom is -0.399 e. The van der Waals surface area contributed by atoms with Gasteiger partial charge in [0.05, 0.1) is 10.4 Å². The van der Waals surface area contributed by atoms with Crippen LogP contribution in [0.1, 0.15) is 0 Å². The van der Waals surface area contributed by atoms with Crippen molar-refractivity contribution in [3.05, 3.63) is 42.5 Å². The van der Waals surface area contributed by atoms with Gasteiger partial charge in [-0.05, 0) is 30.3 Å². The number of nitrogens with zero attached hydrogens (tertiary/aromatic N) is 1. The molecule has 0 aliphatic carbocycles. The lowest BCUT2D eigenvalue weighted by Crippen LogP contribution is -2.11. The van der Waals surface area contributed by atoms with Gasteiger partial charge < -0.3 is 5.73 Å². The van der Waals surface area contributed by atoms with Crippen molar-refractivity contribution in [2.24, 2.45) is 5.14 Å². The molecule has 0 aliphatic heterocycles. The number of hydrogen-bond acceptors (Lipinski definition) is 4. The summed E-state index contributed by atoms with van der Waals surface area (Å²) in [6.45, 7) is 0. The molecule has 0 atom stereocenters. The van der Waals surface area contributed by atoms with E-state index in [0.717, 1.165) is 10.9 Å². The molecule has 8 heteroatoms. The third kappa shape index (κ3) is 2.85. The number of nitrogens with two attached hydrogens (primary N) is 2. The zero-order chi connectivity index (χ0) is 14.3. The highest BCUT2D eigenvalue weighted by atomic mass is 35.5. The number of primary sulfonamides is 1. The lowest BCUT2D eigenvalue weighted by molar-refractivity contribution is 0.598. The van der Waals surface area contributed by atoms with Gasteiger partial charge in [-0.2, -0.15) is 5.10 Å². The summed E-state index contributed by atoms with van der Waals surface area (Å²) < 4.78 is 22.8. The number of nitrogens with one attached hydrogen (secondary N) is 1. The van der Waals surface area contributed by atoms with E-state index < -0.39 is 10.0 Å². The number of benzene rings is 2. The van der Waals surface area contributed by atoms with E-state index in [4.69, 9.17) is 10.9 Å². The first-order valence-electron chi connectivity index (χ1n) is 5.82. The highest BCUT2D eigenvalue weighted by molar-refractivity contribution is 7.89. The topological polar surface area (TPSA) is 115 Å². The van der Waals surface area contributed by atoms with Gasteiger partial charge in [0.2, 0.25) is 10.0 Å². The third-order valence-corrected chi connectivity index (χ3v) is 3.93. The van der Waals surface area contributed by atoms with Crippen LogP contribution in [0.3, 0.4) is 0 Å². The van der Waals surface area contributed by atoms with Gasteiger partial charge >= 0.3 is 0 Å². The summed E-state index contributed by atoms with van der Waals surface area (Å²) in [7, 11) is -3.74. The minimum atomic E-state index is -3.74. The number of H-pyrrole nitrogens is 1. The van der Waals surface area contributed by atoms with Crippen molar-refractivity contribution >= 4 is 39.0 Å².